The first-order valence-corrected chi connectivity index (χ1v) is 11.2. The Morgan fingerprint density at radius 1 is 1.03 bits per heavy atom. The van der Waals surface area contributed by atoms with Gasteiger partial charge in [0.05, 0.1) is 5.56 Å². The van der Waals surface area contributed by atoms with Gasteiger partial charge in [0.15, 0.2) is 6.61 Å². The molecule has 164 valence electrons. The number of benzene rings is 2. The van der Waals surface area contributed by atoms with E-state index < -0.39 is 5.91 Å². The predicted octanol–water partition coefficient (Wildman–Crippen LogP) is 3.78. The van der Waals surface area contributed by atoms with E-state index in [9.17, 15) is 9.59 Å². The van der Waals surface area contributed by atoms with Gasteiger partial charge in [-0.05, 0) is 61.6 Å². The molecule has 3 N–H and O–H groups in total. The molecule has 2 aliphatic rings. The Labute approximate surface area is 191 Å². The molecule has 2 amide bonds. The average Bonchev–Trinajstić information content (AvgIpc) is 2.96. The van der Waals surface area contributed by atoms with Crippen LogP contribution in [0.2, 0.25) is 10.0 Å². The molecule has 31 heavy (non-hydrogen) atoms. The number of halogens is 2. The zero-order chi connectivity index (χ0) is 22.0. The van der Waals surface area contributed by atoms with Gasteiger partial charge in [-0.3, -0.25) is 14.5 Å². The zero-order valence-corrected chi connectivity index (χ0v) is 18.5. The molecule has 8 heteroatoms. The van der Waals surface area contributed by atoms with Crippen molar-refractivity contribution in [2.45, 2.75) is 50.4 Å². The number of piperidine rings is 1. The summed E-state index contributed by atoms with van der Waals surface area (Å²) in [7, 11) is 0. The van der Waals surface area contributed by atoms with Crippen LogP contribution in [0.4, 0.5) is 0 Å². The maximum Gasteiger partial charge on any atom is 0.258 e. The molecule has 0 saturated carbocycles. The van der Waals surface area contributed by atoms with Crippen molar-refractivity contribution in [3.8, 4) is 5.75 Å². The molecule has 2 aliphatic heterocycles. The van der Waals surface area contributed by atoms with Crippen molar-refractivity contribution in [2.24, 2.45) is 5.73 Å². The normalized spacial score (nSPS) is 22.8. The molecule has 0 aliphatic carbocycles. The quantitative estimate of drug-likeness (QED) is 0.656. The number of nitrogens with one attached hydrogen (secondary N) is 1. The monoisotopic (exact) mass is 461 g/mol. The van der Waals surface area contributed by atoms with E-state index in [0.717, 1.165) is 37.3 Å². The van der Waals surface area contributed by atoms with Gasteiger partial charge in [0.1, 0.15) is 5.75 Å². The van der Waals surface area contributed by atoms with E-state index in [1.807, 2.05) is 12.1 Å². The lowest BCUT2D eigenvalue weighted by Gasteiger charge is -2.39. The average molecular weight is 462 g/mol. The minimum atomic E-state index is -0.650. The second-order valence-corrected chi connectivity index (χ2v) is 9.09. The van der Waals surface area contributed by atoms with Crippen molar-refractivity contribution < 1.29 is 14.3 Å². The van der Waals surface area contributed by atoms with E-state index in [-0.39, 0.29) is 29.9 Å². The van der Waals surface area contributed by atoms with E-state index >= 15 is 0 Å². The van der Waals surface area contributed by atoms with Crippen molar-refractivity contribution >= 4 is 35.0 Å². The second kappa shape index (κ2) is 9.47. The molecular formula is C23H25Cl2N3O3. The van der Waals surface area contributed by atoms with Gasteiger partial charge in [-0.25, -0.2) is 0 Å². The van der Waals surface area contributed by atoms with Crippen molar-refractivity contribution in [2.75, 3.05) is 6.61 Å². The number of hydrogen-bond acceptors (Lipinski definition) is 4. The van der Waals surface area contributed by atoms with Crippen molar-refractivity contribution in [3.05, 3.63) is 63.6 Å². The van der Waals surface area contributed by atoms with Crippen LogP contribution in [-0.2, 0) is 11.3 Å². The third-order valence-corrected chi connectivity index (χ3v) is 6.58. The zero-order valence-electron chi connectivity index (χ0n) is 17.0. The summed E-state index contributed by atoms with van der Waals surface area (Å²) in [5, 5.41) is 4.22. The first-order valence-electron chi connectivity index (χ1n) is 10.4. The highest BCUT2D eigenvalue weighted by molar-refractivity contribution is 6.31. The van der Waals surface area contributed by atoms with Gasteiger partial charge in [0, 0.05) is 34.7 Å². The van der Waals surface area contributed by atoms with Crippen LogP contribution in [0.15, 0.2) is 42.5 Å². The van der Waals surface area contributed by atoms with E-state index in [4.69, 9.17) is 33.7 Å². The number of ether oxygens (including phenoxy) is 1. The lowest BCUT2D eigenvalue weighted by Crippen LogP contribution is -2.50. The number of fused-ring (bicyclic) bond motifs is 2. The third-order valence-electron chi connectivity index (χ3n) is 6.09. The van der Waals surface area contributed by atoms with Crippen LogP contribution in [0.5, 0.6) is 5.75 Å². The van der Waals surface area contributed by atoms with Crippen LogP contribution in [0.1, 0.15) is 41.6 Å². The lowest BCUT2D eigenvalue weighted by atomic mass is 9.96. The maximum atomic E-state index is 12.5. The number of amides is 2. The largest absolute Gasteiger partial charge is 0.483 e. The number of nitrogens with two attached hydrogens (primary N) is 1. The number of rotatable bonds is 7. The number of carbonyl (C=O) groups is 2. The summed E-state index contributed by atoms with van der Waals surface area (Å²) in [6.45, 7) is 0.727. The highest BCUT2D eigenvalue weighted by atomic mass is 35.5. The summed E-state index contributed by atoms with van der Waals surface area (Å²) in [6.07, 6.45) is 4.13. The summed E-state index contributed by atoms with van der Waals surface area (Å²) < 4.78 is 5.54. The first-order chi connectivity index (χ1) is 14.9. The maximum absolute atomic E-state index is 12.5. The van der Waals surface area contributed by atoms with Crippen LogP contribution in [0.3, 0.4) is 0 Å². The van der Waals surface area contributed by atoms with Gasteiger partial charge < -0.3 is 15.8 Å². The molecule has 6 nitrogen and oxygen atoms in total. The van der Waals surface area contributed by atoms with Gasteiger partial charge in [-0.15, -0.1) is 0 Å². The van der Waals surface area contributed by atoms with Crippen LogP contribution >= 0.6 is 23.2 Å². The SMILES string of the molecule is NC(=O)c1cc(Cl)ccc1OCC(=O)NC1CC2CCC(C1)N2Cc1ccc(Cl)cc1. The molecule has 2 saturated heterocycles. The minimum Gasteiger partial charge on any atom is -0.483 e. The lowest BCUT2D eigenvalue weighted by molar-refractivity contribution is -0.124. The second-order valence-electron chi connectivity index (χ2n) is 8.21. The van der Waals surface area contributed by atoms with Crippen LogP contribution in [-0.4, -0.2) is 41.4 Å². The molecule has 2 aromatic carbocycles. The van der Waals surface area contributed by atoms with Gasteiger partial charge >= 0.3 is 0 Å². The molecule has 0 spiro atoms. The smallest absolute Gasteiger partial charge is 0.258 e. The molecular weight excluding hydrogens is 437 g/mol. The molecule has 4 rings (SSSR count). The summed E-state index contributed by atoms with van der Waals surface area (Å²) >= 11 is 11.9. The molecule has 2 heterocycles. The van der Waals surface area contributed by atoms with Crippen LogP contribution in [0.25, 0.3) is 0 Å². The van der Waals surface area contributed by atoms with Gasteiger partial charge in [-0.2, -0.15) is 0 Å². The standard InChI is InChI=1S/C23H25Cl2N3O3/c24-15-3-1-14(2-4-15)12-28-18-6-7-19(28)11-17(10-18)27-22(29)13-31-21-8-5-16(25)9-20(21)23(26)30/h1-5,8-9,17-19H,6-7,10-13H2,(H2,26,30)(H,27,29). The molecule has 0 radical (unpaired) electrons. The summed E-state index contributed by atoms with van der Waals surface area (Å²) in [5.41, 5.74) is 6.78. The van der Waals surface area contributed by atoms with Crippen molar-refractivity contribution in [1.29, 1.82) is 0 Å². The van der Waals surface area contributed by atoms with Gasteiger partial charge in [-0.1, -0.05) is 35.3 Å². The summed E-state index contributed by atoms with van der Waals surface area (Å²) in [4.78, 5) is 26.6. The fourth-order valence-electron chi connectivity index (χ4n) is 4.68. The first kappa shape index (κ1) is 21.9. The molecule has 0 aromatic heterocycles. The Morgan fingerprint density at radius 3 is 2.32 bits per heavy atom. The molecule has 2 atom stereocenters. The summed E-state index contributed by atoms with van der Waals surface area (Å²) in [6, 6.07) is 13.6. The highest BCUT2D eigenvalue weighted by Crippen LogP contribution is 2.37. The highest BCUT2D eigenvalue weighted by Gasteiger charge is 2.40. The Kier molecular flexibility index (Phi) is 6.70. The Morgan fingerprint density at radius 2 is 1.68 bits per heavy atom. The van der Waals surface area contributed by atoms with Crippen LogP contribution in [0, 0.1) is 0 Å². The molecule has 2 fully saturated rings. The van der Waals surface area contributed by atoms with E-state index in [1.165, 1.54) is 11.6 Å². The topological polar surface area (TPSA) is 84.7 Å². The fraction of sp³-hybridized carbons (Fsp3) is 0.391. The Hall–Kier alpha value is -2.28. The van der Waals surface area contributed by atoms with E-state index in [2.05, 4.69) is 22.3 Å². The molecule has 2 aromatic rings. The van der Waals surface area contributed by atoms with Gasteiger partial charge in [0.25, 0.3) is 11.8 Å². The number of carbonyl (C=O) groups excluding carboxylic acids is 2. The van der Waals surface area contributed by atoms with Crippen LogP contribution < -0.4 is 15.8 Å². The predicted molar refractivity (Wildman–Crippen MR) is 120 cm³/mol. The van der Waals surface area contributed by atoms with Gasteiger partial charge in [0.2, 0.25) is 0 Å². The Bertz CT molecular complexity index is 953. The van der Waals surface area contributed by atoms with Crippen molar-refractivity contribution in [3.63, 3.8) is 0 Å². The summed E-state index contributed by atoms with van der Waals surface area (Å²) in [5.74, 6) is -0.603. The third kappa shape index (κ3) is 5.32. The van der Waals surface area contributed by atoms with Crippen molar-refractivity contribution in [1.82, 2.24) is 10.2 Å². The minimum absolute atomic E-state index is 0.121. The number of hydrogen-bond donors (Lipinski definition) is 2. The fourth-order valence-corrected chi connectivity index (χ4v) is 4.98. The molecule has 2 unspecified atom stereocenters. The number of primary amides is 1. The number of nitrogens with zero attached hydrogens (tertiary/aromatic N) is 1. The molecule has 2 bridgehead atoms. The van der Waals surface area contributed by atoms with E-state index in [0.29, 0.717) is 17.1 Å². The Balaban J connectivity index is 1.30. The van der Waals surface area contributed by atoms with E-state index in [1.54, 1.807) is 12.1 Å².